The molecular weight excluding hydrogens is 322 g/mol. The van der Waals surface area contributed by atoms with Gasteiger partial charge in [-0.3, -0.25) is 9.59 Å². The molecule has 1 heterocycles. The first-order chi connectivity index (χ1) is 11.4. The summed E-state index contributed by atoms with van der Waals surface area (Å²) in [4.78, 5) is 30.9. The molecule has 0 bridgehead atoms. The zero-order valence-corrected chi connectivity index (χ0v) is 15.2. The van der Waals surface area contributed by atoms with Crippen molar-refractivity contribution in [1.82, 2.24) is 9.97 Å². The summed E-state index contributed by atoms with van der Waals surface area (Å²) in [7, 11) is 0. The van der Waals surface area contributed by atoms with E-state index in [0.29, 0.717) is 11.1 Å². The molecule has 2 N–H and O–H groups in total. The van der Waals surface area contributed by atoms with Crippen LogP contribution in [0.5, 0.6) is 0 Å². The first-order valence-corrected chi connectivity index (χ1v) is 8.98. The van der Waals surface area contributed by atoms with Gasteiger partial charge in [-0.05, 0) is 23.5 Å². The molecule has 1 aromatic heterocycles. The van der Waals surface area contributed by atoms with Crippen LogP contribution in [-0.2, 0) is 4.79 Å². The van der Waals surface area contributed by atoms with Crippen molar-refractivity contribution in [1.29, 1.82) is 0 Å². The molecule has 2 rings (SSSR count). The van der Waals surface area contributed by atoms with Crippen LogP contribution in [0.3, 0.4) is 0 Å². The molecular formula is C18H23N3O2S. The number of benzene rings is 1. The minimum absolute atomic E-state index is 0.120. The van der Waals surface area contributed by atoms with Crippen molar-refractivity contribution < 1.29 is 4.79 Å². The minimum Gasteiger partial charge on any atom is -0.325 e. The van der Waals surface area contributed by atoms with E-state index >= 15 is 0 Å². The van der Waals surface area contributed by atoms with Crippen molar-refractivity contribution in [3.8, 4) is 0 Å². The number of carbonyl (C=O) groups excluding carboxylic acids is 1. The second-order valence-corrected chi connectivity index (χ2v) is 7.17. The fraction of sp³-hybridized carbons (Fsp3) is 0.389. The number of nitrogens with zero attached hydrogens (tertiary/aromatic N) is 1. The number of para-hydroxylation sites is 1. The summed E-state index contributed by atoms with van der Waals surface area (Å²) in [6.07, 6.45) is 0. The van der Waals surface area contributed by atoms with Crippen molar-refractivity contribution >= 4 is 23.4 Å². The van der Waals surface area contributed by atoms with E-state index in [1.807, 2.05) is 38.1 Å². The van der Waals surface area contributed by atoms with Crippen LogP contribution in [0.1, 0.15) is 50.8 Å². The molecule has 128 valence electrons. The second-order valence-electron chi connectivity index (χ2n) is 6.21. The number of nitrogens with one attached hydrogen (secondary N) is 2. The molecule has 0 fully saturated rings. The standard InChI is InChI=1S/C18H23N3O2S/c1-11(2)13-7-5-6-8-14(13)19-17(23)10-24-18-20-15(12(3)4)9-16(22)21-18/h5-9,11-12H,10H2,1-4H3,(H,19,23)(H,20,21,22). The van der Waals surface area contributed by atoms with Crippen LogP contribution in [0, 0.1) is 0 Å². The van der Waals surface area contributed by atoms with E-state index in [0.717, 1.165) is 16.9 Å². The summed E-state index contributed by atoms with van der Waals surface area (Å²) in [5.41, 5.74) is 2.47. The first-order valence-electron chi connectivity index (χ1n) is 7.99. The Morgan fingerprint density at radius 1 is 1.21 bits per heavy atom. The van der Waals surface area contributed by atoms with E-state index in [9.17, 15) is 9.59 Å². The maximum atomic E-state index is 12.2. The van der Waals surface area contributed by atoms with Crippen molar-refractivity contribution in [3.63, 3.8) is 0 Å². The normalized spacial score (nSPS) is 11.1. The lowest BCUT2D eigenvalue weighted by Gasteiger charge is -2.13. The van der Waals surface area contributed by atoms with E-state index in [1.165, 1.54) is 17.8 Å². The molecule has 1 aromatic carbocycles. The molecule has 1 amide bonds. The van der Waals surface area contributed by atoms with Crippen molar-refractivity contribution in [2.24, 2.45) is 0 Å². The Morgan fingerprint density at radius 3 is 2.58 bits per heavy atom. The lowest BCUT2D eigenvalue weighted by Crippen LogP contribution is -2.17. The van der Waals surface area contributed by atoms with Crippen molar-refractivity contribution in [2.75, 3.05) is 11.1 Å². The van der Waals surface area contributed by atoms with Crippen LogP contribution in [0.2, 0.25) is 0 Å². The topological polar surface area (TPSA) is 74.8 Å². The highest BCUT2D eigenvalue weighted by Gasteiger charge is 2.11. The third-order valence-corrected chi connectivity index (χ3v) is 4.40. The molecule has 24 heavy (non-hydrogen) atoms. The Bertz CT molecular complexity index is 769. The Morgan fingerprint density at radius 2 is 1.92 bits per heavy atom. The Labute approximate surface area is 146 Å². The van der Waals surface area contributed by atoms with Crippen LogP contribution in [-0.4, -0.2) is 21.6 Å². The van der Waals surface area contributed by atoms with Gasteiger partial charge in [0.25, 0.3) is 5.56 Å². The summed E-state index contributed by atoms with van der Waals surface area (Å²) in [6, 6.07) is 9.27. The number of aromatic nitrogens is 2. The predicted octanol–water partition coefficient (Wildman–Crippen LogP) is 3.75. The molecule has 5 nitrogen and oxygen atoms in total. The highest BCUT2D eigenvalue weighted by molar-refractivity contribution is 7.99. The van der Waals surface area contributed by atoms with Crippen molar-refractivity contribution in [2.45, 2.75) is 44.7 Å². The maximum absolute atomic E-state index is 12.2. The van der Waals surface area contributed by atoms with Gasteiger partial charge in [0, 0.05) is 11.8 Å². The highest BCUT2D eigenvalue weighted by Crippen LogP contribution is 2.24. The van der Waals surface area contributed by atoms with Gasteiger partial charge in [-0.15, -0.1) is 0 Å². The lowest BCUT2D eigenvalue weighted by atomic mass is 10.0. The summed E-state index contributed by atoms with van der Waals surface area (Å²) in [5.74, 6) is 0.565. The number of thioether (sulfide) groups is 1. The third-order valence-electron chi connectivity index (χ3n) is 3.53. The van der Waals surface area contributed by atoms with Crippen LogP contribution >= 0.6 is 11.8 Å². The van der Waals surface area contributed by atoms with E-state index < -0.39 is 0 Å². The van der Waals surface area contributed by atoms with Gasteiger partial charge >= 0.3 is 0 Å². The van der Waals surface area contributed by atoms with Gasteiger partial charge in [0.1, 0.15) is 0 Å². The van der Waals surface area contributed by atoms with Crippen LogP contribution in [0.25, 0.3) is 0 Å². The number of hydrogen-bond acceptors (Lipinski definition) is 4. The smallest absolute Gasteiger partial charge is 0.251 e. The van der Waals surface area contributed by atoms with Crippen LogP contribution < -0.4 is 10.9 Å². The summed E-state index contributed by atoms with van der Waals surface area (Å²) >= 11 is 1.23. The summed E-state index contributed by atoms with van der Waals surface area (Å²) in [6.45, 7) is 8.13. The van der Waals surface area contributed by atoms with E-state index in [4.69, 9.17) is 0 Å². The quantitative estimate of drug-likeness (QED) is 0.618. The fourth-order valence-electron chi connectivity index (χ4n) is 2.25. The van der Waals surface area contributed by atoms with Gasteiger partial charge in [-0.2, -0.15) is 0 Å². The Balaban J connectivity index is 2.03. The van der Waals surface area contributed by atoms with Crippen molar-refractivity contribution in [3.05, 3.63) is 51.9 Å². The van der Waals surface area contributed by atoms with Gasteiger partial charge < -0.3 is 10.3 Å². The average molecular weight is 345 g/mol. The highest BCUT2D eigenvalue weighted by atomic mass is 32.2. The molecule has 0 aliphatic rings. The zero-order chi connectivity index (χ0) is 17.7. The van der Waals surface area contributed by atoms with Crippen LogP contribution in [0.4, 0.5) is 5.69 Å². The van der Waals surface area contributed by atoms with Crippen LogP contribution in [0.15, 0.2) is 40.3 Å². The lowest BCUT2D eigenvalue weighted by molar-refractivity contribution is -0.113. The van der Waals surface area contributed by atoms with E-state index in [-0.39, 0.29) is 23.1 Å². The average Bonchev–Trinajstić information content (AvgIpc) is 2.52. The minimum atomic E-state index is -0.193. The van der Waals surface area contributed by atoms with Gasteiger partial charge in [0.15, 0.2) is 5.16 Å². The number of rotatable bonds is 6. The van der Waals surface area contributed by atoms with E-state index in [1.54, 1.807) is 0 Å². The molecule has 2 aromatic rings. The monoisotopic (exact) mass is 345 g/mol. The SMILES string of the molecule is CC(C)c1cc(=O)[nH]c(SCC(=O)Nc2ccccc2C(C)C)n1. The molecule has 0 atom stereocenters. The fourth-order valence-corrected chi connectivity index (χ4v) is 2.93. The molecule has 6 heteroatoms. The van der Waals surface area contributed by atoms with Gasteiger partial charge in [0.2, 0.25) is 5.91 Å². The number of H-pyrrole nitrogens is 1. The molecule has 0 saturated heterocycles. The molecule has 0 saturated carbocycles. The van der Waals surface area contributed by atoms with Gasteiger partial charge in [-0.1, -0.05) is 57.7 Å². The summed E-state index contributed by atoms with van der Waals surface area (Å²) < 4.78 is 0. The molecule has 0 aliphatic heterocycles. The number of hydrogen-bond donors (Lipinski definition) is 2. The second kappa shape index (κ2) is 8.15. The van der Waals surface area contributed by atoms with Gasteiger partial charge in [0.05, 0.1) is 11.4 Å². The Hall–Kier alpha value is -2.08. The maximum Gasteiger partial charge on any atom is 0.251 e. The van der Waals surface area contributed by atoms with Gasteiger partial charge in [-0.25, -0.2) is 4.98 Å². The molecule has 0 radical (unpaired) electrons. The molecule has 0 unspecified atom stereocenters. The first kappa shape index (κ1) is 18.3. The predicted molar refractivity (Wildman–Crippen MR) is 98.8 cm³/mol. The number of carbonyl (C=O) groups is 1. The largest absolute Gasteiger partial charge is 0.325 e. The van der Waals surface area contributed by atoms with E-state index in [2.05, 4.69) is 29.1 Å². The number of aromatic amines is 1. The summed E-state index contributed by atoms with van der Waals surface area (Å²) in [5, 5.41) is 3.41. The number of amides is 1. The Kier molecular flexibility index (Phi) is 6.20. The third kappa shape index (κ3) is 4.96. The zero-order valence-electron chi connectivity index (χ0n) is 14.4. The number of anilines is 1. The molecule has 0 spiro atoms. The molecule has 0 aliphatic carbocycles.